The van der Waals surface area contributed by atoms with Crippen molar-refractivity contribution in [2.24, 2.45) is 5.84 Å². The second-order valence-corrected chi connectivity index (χ2v) is 6.26. The Morgan fingerprint density at radius 2 is 2.22 bits per heavy atom. The second kappa shape index (κ2) is 8.00. The number of nitrogens with two attached hydrogens (primary N) is 1. The van der Waals surface area contributed by atoms with Gasteiger partial charge in [-0.1, -0.05) is 31.5 Å². The van der Waals surface area contributed by atoms with Crippen molar-refractivity contribution in [2.45, 2.75) is 38.0 Å². The van der Waals surface area contributed by atoms with E-state index in [2.05, 4.69) is 19.3 Å². The fourth-order valence-corrected chi connectivity index (χ4v) is 2.69. The summed E-state index contributed by atoms with van der Waals surface area (Å²) >= 11 is 7.57. The standard InChI is InChI=1S/C13H20ClFN2S/c1-3-9(2)18-8-12(17-16)6-10-4-5-11(14)7-13(10)15/h4-5,7,9,12,17H,3,6,8,16H2,1-2H3. The maximum Gasteiger partial charge on any atom is 0.127 e. The Hall–Kier alpha value is -0.290. The van der Waals surface area contributed by atoms with Crippen LogP contribution in [0.25, 0.3) is 0 Å². The van der Waals surface area contributed by atoms with Crippen LogP contribution < -0.4 is 11.3 Å². The first-order valence-electron chi connectivity index (χ1n) is 6.08. The number of nitrogens with one attached hydrogen (secondary N) is 1. The molecule has 18 heavy (non-hydrogen) atoms. The lowest BCUT2D eigenvalue weighted by Crippen LogP contribution is -2.39. The largest absolute Gasteiger partial charge is 0.271 e. The number of halogens is 2. The number of rotatable bonds is 7. The highest BCUT2D eigenvalue weighted by Gasteiger charge is 2.13. The highest BCUT2D eigenvalue weighted by atomic mass is 35.5. The van der Waals surface area contributed by atoms with Gasteiger partial charge in [0.25, 0.3) is 0 Å². The van der Waals surface area contributed by atoms with Crippen LogP contribution >= 0.6 is 23.4 Å². The number of hydrogen-bond acceptors (Lipinski definition) is 3. The summed E-state index contributed by atoms with van der Waals surface area (Å²) in [5.41, 5.74) is 3.40. The van der Waals surface area contributed by atoms with Crippen LogP contribution in [0, 0.1) is 5.82 Å². The summed E-state index contributed by atoms with van der Waals surface area (Å²) < 4.78 is 13.7. The van der Waals surface area contributed by atoms with E-state index in [-0.39, 0.29) is 11.9 Å². The lowest BCUT2D eigenvalue weighted by atomic mass is 10.1. The molecule has 0 aliphatic rings. The average Bonchev–Trinajstić information content (AvgIpc) is 2.36. The van der Waals surface area contributed by atoms with Gasteiger partial charge in [0.05, 0.1) is 0 Å². The van der Waals surface area contributed by atoms with Gasteiger partial charge in [0.2, 0.25) is 0 Å². The molecule has 0 aliphatic heterocycles. The predicted octanol–water partition coefficient (Wildman–Crippen LogP) is 3.39. The first-order chi connectivity index (χ1) is 8.56. The minimum Gasteiger partial charge on any atom is -0.271 e. The molecule has 0 amide bonds. The lowest BCUT2D eigenvalue weighted by molar-refractivity contribution is 0.546. The van der Waals surface area contributed by atoms with Crippen LogP contribution in [0.1, 0.15) is 25.8 Å². The Morgan fingerprint density at radius 3 is 2.78 bits per heavy atom. The van der Waals surface area contributed by atoms with Crippen LogP contribution in [0.4, 0.5) is 4.39 Å². The molecular weight excluding hydrogens is 271 g/mol. The summed E-state index contributed by atoms with van der Waals surface area (Å²) in [4.78, 5) is 0. The smallest absolute Gasteiger partial charge is 0.127 e. The third-order valence-corrected chi connectivity index (χ3v) is 4.61. The molecule has 0 fully saturated rings. The summed E-state index contributed by atoms with van der Waals surface area (Å²) in [6, 6.07) is 4.83. The van der Waals surface area contributed by atoms with Crippen LogP contribution in [0.3, 0.4) is 0 Å². The molecule has 0 spiro atoms. The topological polar surface area (TPSA) is 38.0 Å². The van der Waals surface area contributed by atoms with Crippen molar-refractivity contribution in [3.05, 3.63) is 34.6 Å². The van der Waals surface area contributed by atoms with E-state index in [1.54, 1.807) is 12.1 Å². The molecule has 1 aromatic carbocycles. The Labute approximate surface area is 117 Å². The SMILES string of the molecule is CCC(C)SCC(Cc1ccc(Cl)cc1F)NN. The van der Waals surface area contributed by atoms with Crippen LogP contribution in [-0.2, 0) is 6.42 Å². The first kappa shape index (κ1) is 15.8. The molecule has 0 aromatic heterocycles. The van der Waals surface area contributed by atoms with Gasteiger partial charge in [0, 0.05) is 22.1 Å². The molecule has 0 radical (unpaired) electrons. The van der Waals surface area contributed by atoms with Crippen LogP contribution in [0.15, 0.2) is 18.2 Å². The van der Waals surface area contributed by atoms with Gasteiger partial charge < -0.3 is 0 Å². The van der Waals surface area contributed by atoms with Crippen molar-refractivity contribution in [3.63, 3.8) is 0 Å². The number of benzene rings is 1. The Balaban J connectivity index is 2.56. The normalized spacial score (nSPS) is 14.5. The van der Waals surface area contributed by atoms with Crippen molar-refractivity contribution in [3.8, 4) is 0 Å². The Morgan fingerprint density at radius 1 is 1.50 bits per heavy atom. The average molecular weight is 291 g/mol. The molecule has 5 heteroatoms. The van der Waals surface area contributed by atoms with Crippen molar-refractivity contribution in [2.75, 3.05) is 5.75 Å². The number of hydrazine groups is 1. The summed E-state index contributed by atoms with van der Waals surface area (Å²) in [7, 11) is 0. The van der Waals surface area contributed by atoms with E-state index >= 15 is 0 Å². The van der Waals surface area contributed by atoms with Crippen molar-refractivity contribution >= 4 is 23.4 Å². The van der Waals surface area contributed by atoms with E-state index in [0.29, 0.717) is 22.3 Å². The zero-order valence-electron chi connectivity index (χ0n) is 10.7. The molecule has 1 rings (SSSR count). The van der Waals surface area contributed by atoms with Gasteiger partial charge in [-0.2, -0.15) is 11.8 Å². The molecule has 1 aromatic rings. The van der Waals surface area contributed by atoms with Crippen molar-refractivity contribution in [1.29, 1.82) is 0 Å². The Kier molecular flexibility index (Phi) is 7.00. The van der Waals surface area contributed by atoms with E-state index in [1.165, 1.54) is 6.07 Å². The van der Waals surface area contributed by atoms with E-state index in [4.69, 9.17) is 17.4 Å². The zero-order valence-corrected chi connectivity index (χ0v) is 12.3. The van der Waals surface area contributed by atoms with Gasteiger partial charge in [-0.25, -0.2) is 4.39 Å². The maximum absolute atomic E-state index is 13.7. The molecule has 0 saturated carbocycles. The molecule has 102 valence electrons. The third-order valence-electron chi connectivity index (χ3n) is 2.87. The van der Waals surface area contributed by atoms with Crippen LogP contribution in [-0.4, -0.2) is 17.0 Å². The zero-order chi connectivity index (χ0) is 13.5. The van der Waals surface area contributed by atoms with Gasteiger partial charge in [-0.3, -0.25) is 11.3 Å². The molecule has 0 saturated heterocycles. The van der Waals surface area contributed by atoms with Crippen molar-refractivity contribution in [1.82, 2.24) is 5.43 Å². The number of thioether (sulfide) groups is 1. The highest BCUT2D eigenvalue weighted by molar-refractivity contribution is 7.99. The summed E-state index contributed by atoms with van der Waals surface area (Å²) in [6.45, 7) is 4.34. The van der Waals surface area contributed by atoms with Crippen LogP contribution in [0.2, 0.25) is 5.02 Å². The van der Waals surface area contributed by atoms with Crippen LogP contribution in [0.5, 0.6) is 0 Å². The quantitative estimate of drug-likeness (QED) is 0.597. The lowest BCUT2D eigenvalue weighted by Gasteiger charge is -2.18. The fourth-order valence-electron chi connectivity index (χ4n) is 1.52. The summed E-state index contributed by atoms with van der Waals surface area (Å²) in [5.74, 6) is 6.12. The second-order valence-electron chi connectivity index (χ2n) is 4.36. The maximum atomic E-state index is 13.7. The molecule has 2 unspecified atom stereocenters. The van der Waals surface area contributed by atoms with E-state index in [1.807, 2.05) is 11.8 Å². The molecule has 3 N–H and O–H groups in total. The van der Waals surface area contributed by atoms with Gasteiger partial charge in [-0.15, -0.1) is 0 Å². The van der Waals surface area contributed by atoms with Gasteiger partial charge in [0.1, 0.15) is 5.82 Å². The minimum absolute atomic E-state index is 0.0691. The summed E-state index contributed by atoms with van der Waals surface area (Å²) in [6.07, 6.45) is 1.69. The van der Waals surface area contributed by atoms with Crippen molar-refractivity contribution < 1.29 is 4.39 Å². The molecule has 2 nitrogen and oxygen atoms in total. The first-order valence-corrected chi connectivity index (χ1v) is 7.51. The molecule has 2 atom stereocenters. The molecule has 0 bridgehead atoms. The predicted molar refractivity (Wildman–Crippen MR) is 78.4 cm³/mol. The minimum atomic E-state index is -0.267. The van der Waals surface area contributed by atoms with E-state index in [9.17, 15) is 4.39 Å². The summed E-state index contributed by atoms with van der Waals surface area (Å²) in [5, 5.41) is 1.01. The Bertz CT molecular complexity index is 376. The fraction of sp³-hybridized carbons (Fsp3) is 0.538. The van der Waals surface area contributed by atoms with E-state index in [0.717, 1.165) is 12.2 Å². The monoisotopic (exact) mass is 290 g/mol. The van der Waals surface area contributed by atoms with Gasteiger partial charge in [-0.05, 0) is 30.5 Å². The molecular formula is C13H20ClFN2S. The van der Waals surface area contributed by atoms with Gasteiger partial charge in [0.15, 0.2) is 0 Å². The third kappa shape index (κ3) is 5.14. The number of hydrogen-bond donors (Lipinski definition) is 2. The molecule has 0 heterocycles. The van der Waals surface area contributed by atoms with E-state index < -0.39 is 0 Å². The van der Waals surface area contributed by atoms with Gasteiger partial charge >= 0.3 is 0 Å². The molecule has 0 aliphatic carbocycles. The highest BCUT2D eigenvalue weighted by Crippen LogP contribution is 2.19.